The van der Waals surface area contributed by atoms with Gasteiger partial charge in [-0.05, 0) is 43.2 Å². The van der Waals surface area contributed by atoms with Crippen LogP contribution in [0, 0.1) is 5.41 Å². The van der Waals surface area contributed by atoms with E-state index in [1.54, 1.807) is 32.4 Å². The van der Waals surface area contributed by atoms with Crippen molar-refractivity contribution >= 4 is 10.0 Å². The van der Waals surface area contributed by atoms with Crippen molar-refractivity contribution in [2.45, 2.75) is 44.4 Å². The Labute approximate surface area is 164 Å². The number of sulfonamides is 1. The summed E-state index contributed by atoms with van der Waals surface area (Å²) in [5, 5.41) is 0. The molecule has 0 bridgehead atoms. The first-order valence-corrected chi connectivity index (χ1v) is 10.6. The highest BCUT2D eigenvalue weighted by Crippen LogP contribution is 2.32. The third-order valence-corrected chi connectivity index (χ3v) is 6.09. The normalized spacial score (nSPS) is 12.0. The topological polar surface area (TPSA) is 55.8 Å². The number of rotatable bonds is 13. The fraction of sp³-hybridized carbons (Fsp3) is 0.524. The molecule has 0 amide bonds. The van der Waals surface area contributed by atoms with Gasteiger partial charge >= 0.3 is 0 Å². The van der Waals surface area contributed by atoms with Crippen LogP contribution in [0.25, 0.3) is 0 Å². The number of hydrogen-bond donors (Lipinski definition) is 0. The smallest absolute Gasteiger partial charge is 0.246 e. The van der Waals surface area contributed by atoms with Crippen LogP contribution in [0.1, 0.15) is 39.5 Å². The van der Waals surface area contributed by atoms with Crippen molar-refractivity contribution in [3.05, 3.63) is 43.5 Å². The minimum absolute atomic E-state index is 0.156. The van der Waals surface area contributed by atoms with Gasteiger partial charge in [0.05, 0.1) is 13.7 Å². The average molecular weight is 396 g/mol. The number of hydrogen-bond acceptors (Lipinski definition) is 4. The highest BCUT2D eigenvalue weighted by Gasteiger charge is 2.30. The van der Waals surface area contributed by atoms with E-state index in [2.05, 4.69) is 13.2 Å². The Morgan fingerprint density at radius 1 is 1.19 bits per heavy atom. The van der Waals surface area contributed by atoms with Gasteiger partial charge in [0.2, 0.25) is 10.0 Å². The zero-order chi connectivity index (χ0) is 20.5. The van der Waals surface area contributed by atoms with E-state index in [1.807, 2.05) is 26.0 Å². The van der Waals surface area contributed by atoms with Crippen LogP contribution in [0.2, 0.25) is 0 Å². The maximum atomic E-state index is 13.1. The lowest BCUT2D eigenvalue weighted by molar-refractivity contribution is 0.280. The number of benzene rings is 1. The molecule has 152 valence electrons. The Kier molecular flexibility index (Phi) is 9.06. The summed E-state index contributed by atoms with van der Waals surface area (Å²) in [6.07, 6.45) is 7.08. The van der Waals surface area contributed by atoms with Crippen LogP contribution in [0.15, 0.2) is 48.4 Å². The lowest BCUT2D eigenvalue weighted by atomic mass is 9.89. The summed E-state index contributed by atoms with van der Waals surface area (Å²) in [5.74, 6) is 0.881. The molecule has 0 aliphatic carbocycles. The Bertz CT molecular complexity index is 726. The number of nitrogens with zero attached hydrogens (tertiary/aromatic N) is 1. The zero-order valence-corrected chi connectivity index (χ0v) is 17.8. The van der Waals surface area contributed by atoms with Crippen LogP contribution in [0.5, 0.6) is 11.5 Å². The lowest BCUT2D eigenvalue weighted by Gasteiger charge is -2.29. The van der Waals surface area contributed by atoms with Gasteiger partial charge in [-0.3, -0.25) is 0 Å². The molecule has 6 heteroatoms. The number of allylic oxidation sites excluding steroid dienone is 2. The molecule has 1 aromatic rings. The predicted octanol–water partition coefficient (Wildman–Crippen LogP) is 4.65. The maximum absolute atomic E-state index is 13.1. The van der Waals surface area contributed by atoms with Gasteiger partial charge in [0, 0.05) is 19.7 Å². The third kappa shape index (κ3) is 7.03. The molecule has 1 rings (SSSR count). The molecule has 0 saturated heterocycles. The number of ether oxygens (including phenoxy) is 2. The first kappa shape index (κ1) is 23.2. The molecule has 0 aromatic heterocycles. The SMILES string of the molecule is C=CCCCCOc1cc(OC)ccc1S(=O)(=O)N(C)CC(C)(C)CC=C. The van der Waals surface area contributed by atoms with Crippen LogP contribution in [-0.4, -0.2) is 40.0 Å². The molecule has 0 radical (unpaired) electrons. The highest BCUT2D eigenvalue weighted by molar-refractivity contribution is 7.89. The molecular formula is C21H33NO4S. The summed E-state index contributed by atoms with van der Waals surface area (Å²) in [7, 11) is -0.553. The van der Waals surface area contributed by atoms with E-state index in [9.17, 15) is 8.42 Å². The molecule has 1 aromatic carbocycles. The van der Waals surface area contributed by atoms with Gasteiger partial charge in [-0.2, -0.15) is 0 Å². The molecule has 0 aliphatic rings. The molecule has 0 fully saturated rings. The average Bonchev–Trinajstić information content (AvgIpc) is 2.60. The Balaban J connectivity index is 3.06. The number of unbranched alkanes of at least 4 members (excludes halogenated alkanes) is 2. The summed E-state index contributed by atoms with van der Waals surface area (Å²) in [4.78, 5) is 0.156. The minimum Gasteiger partial charge on any atom is -0.497 e. The van der Waals surface area contributed by atoms with Gasteiger partial charge < -0.3 is 9.47 Å². The molecule has 0 unspecified atom stereocenters. The summed E-state index contributed by atoms with van der Waals surface area (Å²) < 4.78 is 38.7. The zero-order valence-electron chi connectivity index (χ0n) is 17.0. The predicted molar refractivity (Wildman–Crippen MR) is 111 cm³/mol. The van der Waals surface area contributed by atoms with Crippen molar-refractivity contribution in [2.24, 2.45) is 5.41 Å². The first-order valence-electron chi connectivity index (χ1n) is 9.17. The second-order valence-electron chi connectivity index (χ2n) is 7.36. The van der Waals surface area contributed by atoms with E-state index >= 15 is 0 Å². The molecule has 0 atom stereocenters. The van der Waals surface area contributed by atoms with Crippen molar-refractivity contribution in [3.8, 4) is 11.5 Å². The van der Waals surface area contributed by atoms with Crippen molar-refractivity contribution in [3.63, 3.8) is 0 Å². The fourth-order valence-electron chi connectivity index (χ4n) is 2.83. The molecule has 27 heavy (non-hydrogen) atoms. The van der Waals surface area contributed by atoms with Gasteiger partial charge in [0.1, 0.15) is 16.4 Å². The van der Waals surface area contributed by atoms with Crippen molar-refractivity contribution in [2.75, 3.05) is 27.3 Å². The van der Waals surface area contributed by atoms with Gasteiger partial charge in [-0.1, -0.05) is 26.0 Å². The second kappa shape index (κ2) is 10.5. The number of methoxy groups -OCH3 is 1. The van der Waals surface area contributed by atoms with Gasteiger partial charge in [0.15, 0.2) is 0 Å². The molecule has 0 saturated carbocycles. The van der Waals surface area contributed by atoms with Crippen LogP contribution >= 0.6 is 0 Å². The van der Waals surface area contributed by atoms with Crippen molar-refractivity contribution in [1.29, 1.82) is 0 Å². The van der Waals surface area contributed by atoms with E-state index in [1.165, 1.54) is 4.31 Å². The summed E-state index contributed by atoms with van der Waals surface area (Å²) in [6.45, 7) is 12.3. The summed E-state index contributed by atoms with van der Waals surface area (Å²) >= 11 is 0. The Hall–Kier alpha value is -1.79. The van der Waals surface area contributed by atoms with Crippen molar-refractivity contribution in [1.82, 2.24) is 4.31 Å². The van der Waals surface area contributed by atoms with Crippen molar-refractivity contribution < 1.29 is 17.9 Å². The Morgan fingerprint density at radius 2 is 1.89 bits per heavy atom. The van der Waals surface area contributed by atoms with Crippen LogP contribution < -0.4 is 9.47 Å². The van der Waals surface area contributed by atoms with Crippen LogP contribution in [-0.2, 0) is 10.0 Å². The fourth-order valence-corrected chi connectivity index (χ4v) is 4.29. The first-order chi connectivity index (χ1) is 12.7. The van der Waals surface area contributed by atoms with E-state index in [0.29, 0.717) is 24.7 Å². The van der Waals surface area contributed by atoms with E-state index < -0.39 is 10.0 Å². The van der Waals surface area contributed by atoms with Gasteiger partial charge in [-0.15, -0.1) is 13.2 Å². The molecular weight excluding hydrogens is 362 g/mol. The van der Waals surface area contributed by atoms with Gasteiger partial charge in [-0.25, -0.2) is 12.7 Å². The Morgan fingerprint density at radius 3 is 2.48 bits per heavy atom. The van der Waals surface area contributed by atoms with E-state index in [4.69, 9.17) is 9.47 Å². The van der Waals surface area contributed by atoms with Gasteiger partial charge in [0.25, 0.3) is 0 Å². The van der Waals surface area contributed by atoms with Crippen LogP contribution in [0.4, 0.5) is 0 Å². The molecule has 0 heterocycles. The summed E-state index contributed by atoms with van der Waals surface area (Å²) in [6, 6.07) is 4.81. The molecule has 5 nitrogen and oxygen atoms in total. The van der Waals surface area contributed by atoms with E-state index in [0.717, 1.165) is 25.7 Å². The largest absolute Gasteiger partial charge is 0.497 e. The molecule has 0 N–H and O–H groups in total. The monoisotopic (exact) mass is 395 g/mol. The third-order valence-electron chi connectivity index (χ3n) is 4.25. The van der Waals surface area contributed by atoms with Crippen LogP contribution in [0.3, 0.4) is 0 Å². The quantitative estimate of drug-likeness (QED) is 0.360. The minimum atomic E-state index is -3.69. The maximum Gasteiger partial charge on any atom is 0.246 e. The second-order valence-corrected chi connectivity index (χ2v) is 9.38. The highest BCUT2D eigenvalue weighted by atomic mass is 32.2. The lowest BCUT2D eigenvalue weighted by Crippen LogP contribution is -2.36. The van der Waals surface area contributed by atoms with E-state index in [-0.39, 0.29) is 10.3 Å². The molecule has 0 aliphatic heterocycles. The molecule has 0 spiro atoms. The summed E-state index contributed by atoms with van der Waals surface area (Å²) in [5.41, 5.74) is -0.207. The standard InChI is InChI=1S/C21H33NO4S/c1-7-9-10-11-15-26-19-16-18(25-6)12-13-20(19)27(23,24)22(5)17-21(3,4)14-8-2/h7-8,12-13,16H,1-2,9-11,14-15,17H2,3-6H3.